The summed E-state index contributed by atoms with van der Waals surface area (Å²) in [6, 6.07) is -1.31. The number of carbonyl (C=O) groups excluding carboxylic acids is 2. The normalized spacial score (nSPS) is 13.0. The Balaban J connectivity index is 4.42. The smallest absolute Gasteiger partial charge is 0.408 e. The van der Waals surface area contributed by atoms with Crippen molar-refractivity contribution in [2.75, 3.05) is 6.54 Å². The van der Waals surface area contributed by atoms with Gasteiger partial charge in [-0.15, -0.1) is 0 Å². The van der Waals surface area contributed by atoms with E-state index in [1.165, 1.54) is 0 Å². The highest BCUT2D eigenvalue weighted by Crippen LogP contribution is 2.07. The number of carbonyl (C=O) groups is 3. The molecule has 8 nitrogen and oxygen atoms in total. The van der Waals surface area contributed by atoms with Gasteiger partial charge < -0.3 is 25.2 Å². The molecule has 0 rings (SSSR count). The molecule has 8 heteroatoms. The van der Waals surface area contributed by atoms with Crippen LogP contribution in [0.15, 0.2) is 0 Å². The highest BCUT2D eigenvalue weighted by atomic mass is 16.6. The first-order valence-electron chi connectivity index (χ1n) is 6.49. The molecule has 1 atom stereocenters. The first-order chi connectivity index (χ1) is 9.30. The Hall–Kier alpha value is -1.99. The highest BCUT2D eigenvalue weighted by molar-refractivity contribution is 5.81. The molecule has 3 N–H and O–H groups in total. The third kappa shape index (κ3) is 10.5. The zero-order chi connectivity index (χ0) is 16.8. The van der Waals surface area contributed by atoms with Crippen LogP contribution in [0, 0.1) is 0 Å². The van der Waals surface area contributed by atoms with E-state index in [2.05, 4.69) is 10.6 Å². The van der Waals surface area contributed by atoms with E-state index in [9.17, 15) is 14.4 Å². The van der Waals surface area contributed by atoms with E-state index >= 15 is 0 Å². The fourth-order valence-electron chi connectivity index (χ4n) is 1.15. The van der Waals surface area contributed by atoms with Crippen molar-refractivity contribution in [3.8, 4) is 0 Å². The van der Waals surface area contributed by atoms with Crippen molar-refractivity contribution in [1.29, 1.82) is 0 Å². The van der Waals surface area contributed by atoms with E-state index in [1.807, 2.05) is 0 Å². The van der Waals surface area contributed by atoms with Crippen LogP contribution in [0.4, 0.5) is 9.59 Å². The van der Waals surface area contributed by atoms with Crippen molar-refractivity contribution in [1.82, 2.24) is 10.6 Å². The quantitative estimate of drug-likeness (QED) is 0.725. The SMILES string of the molecule is CC(C)(C)OC(=O)NC[C@@H](NC(=O)OC(C)(C)C)C(=O)O. The minimum Gasteiger partial charge on any atom is -0.480 e. The molecule has 0 bridgehead atoms. The lowest BCUT2D eigenvalue weighted by Gasteiger charge is -2.23. The second-order valence-corrected chi connectivity index (χ2v) is 6.42. The average Bonchev–Trinajstić information content (AvgIpc) is 2.18. The second-order valence-electron chi connectivity index (χ2n) is 6.42. The molecule has 0 aliphatic heterocycles. The van der Waals surface area contributed by atoms with Gasteiger partial charge in [0, 0.05) is 0 Å². The van der Waals surface area contributed by atoms with Crippen molar-refractivity contribution in [2.24, 2.45) is 0 Å². The summed E-state index contributed by atoms with van der Waals surface area (Å²) in [4.78, 5) is 34.0. The van der Waals surface area contributed by atoms with Crippen molar-refractivity contribution in [3.63, 3.8) is 0 Å². The topological polar surface area (TPSA) is 114 Å². The summed E-state index contributed by atoms with van der Waals surface area (Å²) in [5.41, 5.74) is -1.44. The molecule has 0 aromatic carbocycles. The maximum atomic E-state index is 11.5. The highest BCUT2D eigenvalue weighted by Gasteiger charge is 2.25. The van der Waals surface area contributed by atoms with Crippen LogP contribution in [0.3, 0.4) is 0 Å². The van der Waals surface area contributed by atoms with Crippen molar-refractivity contribution in [2.45, 2.75) is 58.8 Å². The summed E-state index contributed by atoms with van der Waals surface area (Å²) >= 11 is 0. The Morgan fingerprint density at radius 2 is 1.38 bits per heavy atom. The Labute approximate surface area is 124 Å². The van der Waals surface area contributed by atoms with Gasteiger partial charge in [0.25, 0.3) is 0 Å². The summed E-state index contributed by atoms with van der Waals surface area (Å²) in [6.45, 7) is 9.69. The van der Waals surface area contributed by atoms with Gasteiger partial charge in [0.2, 0.25) is 0 Å². The maximum absolute atomic E-state index is 11.5. The van der Waals surface area contributed by atoms with E-state index in [-0.39, 0.29) is 6.54 Å². The van der Waals surface area contributed by atoms with Crippen LogP contribution in [0.5, 0.6) is 0 Å². The Bertz CT molecular complexity index is 394. The van der Waals surface area contributed by atoms with Crippen LogP contribution in [0.25, 0.3) is 0 Å². The zero-order valence-corrected chi connectivity index (χ0v) is 13.3. The van der Waals surface area contributed by atoms with Crippen LogP contribution >= 0.6 is 0 Å². The number of hydrogen-bond donors (Lipinski definition) is 3. The monoisotopic (exact) mass is 304 g/mol. The lowest BCUT2D eigenvalue weighted by Crippen LogP contribution is -2.50. The summed E-state index contributed by atoms with van der Waals surface area (Å²) in [5, 5.41) is 13.4. The van der Waals surface area contributed by atoms with E-state index in [0.29, 0.717) is 0 Å². The molecule has 2 amide bonds. The average molecular weight is 304 g/mol. The maximum Gasteiger partial charge on any atom is 0.408 e. The number of ether oxygens (including phenoxy) is 2. The third-order valence-corrected chi connectivity index (χ3v) is 1.84. The van der Waals surface area contributed by atoms with Gasteiger partial charge in [-0.2, -0.15) is 0 Å². The van der Waals surface area contributed by atoms with E-state index < -0.39 is 35.4 Å². The standard InChI is InChI=1S/C13H24N2O6/c1-12(2,3)20-10(18)14-7-8(9(16)17)15-11(19)21-13(4,5)6/h8H,7H2,1-6H3,(H,14,18)(H,15,19)(H,16,17)/t8-/m1/s1. The third-order valence-electron chi connectivity index (χ3n) is 1.84. The lowest BCUT2D eigenvalue weighted by molar-refractivity contribution is -0.139. The molecule has 0 radical (unpaired) electrons. The number of carboxylic acids is 1. The predicted octanol–water partition coefficient (Wildman–Crippen LogP) is 1.49. The summed E-state index contributed by atoms with van der Waals surface area (Å²) < 4.78 is 9.91. The number of alkyl carbamates (subject to hydrolysis) is 2. The molecule has 0 saturated heterocycles. The van der Waals surface area contributed by atoms with Gasteiger partial charge in [-0.1, -0.05) is 0 Å². The second kappa shape index (κ2) is 7.14. The van der Waals surface area contributed by atoms with Gasteiger partial charge in [0.1, 0.15) is 17.2 Å². The first-order valence-corrected chi connectivity index (χ1v) is 6.49. The minimum absolute atomic E-state index is 0.316. The minimum atomic E-state index is -1.31. The molecule has 0 aliphatic carbocycles. The zero-order valence-electron chi connectivity index (χ0n) is 13.3. The molecular formula is C13H24N2O6. The van der Waals surface area contributed by atoms with Crippen LogP contribution in [-0.2, 0) is 14.3 Å². The Morgan fingerprint density at radius 3 is 1.76 bits per heavy atom. The fourth-order valence-corrected chi connectivity index (χ4v) is 1.15. The molecular weight excluding hydrogens is 280 g/mol. The van der Waals surface area contributed by atoms with Crippen LogP contribution < -0.4 is 10.6 Å². The molecule has 0 spiro atoms. The summed E-state index contributed by atoms with van der Waals surface area (Å²) in [5.74, 6) is -1.29. The van der Waals surface area contributed by atoms with Crippen LogP contribution in [-0.4, -0.2) is 47.1 Å². The number of rotatable bonds is 4. The van der Waals surface area contributed by atoms with Gasteiger partial charge >= 0.3 is 18.2 Å². The van der Waals surface area contributed by atoms with Crippen molar-refractivity contribution < 1.29 is 29.0 Å². The number of aliphatic carboxylic acids is 1. The van der Waals surface area contributed by atoms with E-state index in [1.54, 1.807) is 41.5 Å². The van der Waals surface area contributed by atoms with Crippen molar-refractivity contribution in [3.05, 3.63) is 0 Å². The molecule has 0 aliphatic rings. The Kier molecular flexibility index (Phi) is 6.47. The molecule has 0 fully saturated rings. The number of amides is 2. The predicted molar refractivity (Wildman–Crippen MR) is 75.0 cm³/mol. The van der Waals surface area contributed by atoms with Gasteiger partial charge in [-0.05, 0) is 41.5 Å². The van der Waals surface area contributed by atoms with Gasteiger partial charge in [-0.25, -0.2) is 14.4 Å². The number of hydrogen-bond acceptors (Lipinski definition) is 5. The van der Waals surface area contributed by atoms with Crippen LogP contribution in [0.1, 0.15) is 41.5 Å². The molecule has 0 aromatic rings. The van der Waals surface area contributed by atoms with E-state index in [0.717, 1.165) is 0 Å². The molecule has 0 unspecified atom stereocenters. The fraction of sp³-hybridized carbons (Fsp3) is 0.769. The molecule has 21 heavy (non-hydrogen) atoms. The lowest BCUT2D eigenvalue weighted by atomic mass is 10.2. The first kappa shape index (κ1) is 19.0. The largest absolute Gasteiger partial charge is 0.480 e. The van der Waals surface area contributed by atoms with Gasteiger partial charge in [0.05, 0.1) is 6.54 Å². The molecule has 122 valence electrons. The van der Waals surface area contributed by atoms with Crippen LogP contribution in [0.2, 0.25) is 0 Å². The number of carboxylic acid groups (broad SMARTS) is 1. The molecule has 0 saturated carbocycles. The summed E-state index contributed by atoms with van der Waals surface area (Å²) in [7, 11) is 0. The van der Waals surface area contributed by atoms with E-state index in [4.69, 9.17) is 14.6 Å². The Morgan fingerprint density at radius 1 is 0.952 bits per heavy atom. The summed E-state index contributed by atoms with van der Waals surface area (Å²) in [6.07, 6.45) is -1.64. The molecule has 0 heterocycles. The molecule has 0 aromatic heterocycles. The van der Waals surface area contributed by atoms with Gasteiger partial charge in [-0.3, -0.25) is 0 Å². The van der Waals surface area contributed by atoms with Gasteiger partial charge in [0.15, 0.2) is 0 Å². The number of nitrogens with one attached hydrogen (secondary N) is 2. The van der Waals surface area contributed by atoms with Crippen molar-refractivity contribution >= 4 is 18.2 Å².